The van der Waals surface area contributed by atoms with Crippen LogP contribution < -0.4 is 10.6 Å². The van der Waals surface area contributed by atoms with Crippen molar-refractivity contribution in [3.8, 4) is 0 Å². The van der Waals surface area contributed by atoms with Crippen molar-refractivity contribution in [2.24, 2.45) is 0 Å². The fourth-order valence-electron chi connectivity index (χ4n) is 2.07. The molecule has 0 aliphatic rings. The average Bonchev–Trinajstić information content (AvgIpc) is 2.54. The van der Waals surface area contributed by atoms with Crippen molar-refractivity contribution in [1.82, 2.24) is 10.6 Å². The Hall–Kier alpha value is -2.41. The summed E-state index contributed by atoms with van der Waals surface area (Å²) in [5, 5.41) is 5.36. The molecule has 3 nitrogen and oxygen atoms in total. The molecule has 24 heavy (non-hydrogen) atoms. The summed E-state index contributed by atoms with van der Waals surface area (Å²) in [5.41, 5.74) is -0.0267. The Balaban J connectivity index is 2.00. The topological polar surface area (TPSA) is 41.1 Å². The van der Waals surface area contributed by atoms with Crippen LogP contribution >= 0.6 is 12.2 Å². The molecule has 0 unspecified atom stereocenters. The van der Waals surface area contributed by atoms with Crippen LogP contribution in [0.25, 0.3) is 0 Å². The lowest BCUT2D eigenvalue weighted by molar-refractivity contribution is -0.137. The second-order valence-corrected chi connectivity index (χ2v) is 5.55. The first-order chi connectivity index (χ1) is 11.3. The maximum Gasteiger partial charge on any atom is 0.416 e. The SMILES string of the molecule is C[C@@H](NC(=S)NC(=O)c1cccc(C(F)(F)F)c1)c1ccccc1. The van der Waals surface area contributed by atoms with Crippen LogP contribution in [0.4, 0.5) is 13.2 Å². The Labute approximate surface area is 142 Å². The van der Waals surface area contributed by atoms with E-state index in [0.29, 0.717) is 0 Å². The van der Waals surface area contributed by atoms with E-state index in [0.717, 1.165) is 17.7 Å². The summed E-state index contributed by atoms with van der Waals surface area (Å²) in [6.45, 7) is 1.86. The summed E-state index contributed by atoms with van der Waals surface area (Å²) >= 11 is 5.05. The van der Waals surface area contributed by atoms with Crippen LogP contribution in [0.2, 0.25) is 0 Å². The maximum atomic E-state index is 12.7. The Morgan fingerprint density at radius 1 is 1.08 bits per heavy atom. The molecule has 7 heteroatoms. The number of alkyl halides is 3. The van der Waals surface area contributed by atoms with Crippen LogP contribution in [0.3, 0.4) is 0 Å². The standard InChI is InChI=1S/C17H15F3N2OS/c1-11(12-6-3-2-4-7-12)21-16(24)22-15(23)13-8-5-9-14(10-13)17(18,19)20/h2-11H,1H3,(H2,21,22,23,24)/t11-/m1/s1. The number of nitrogens with one attached hydrogen (secondary N) is 2. The fraction of sp³-hybridized carbons (Fsp3) is 0.176. The van der Waals surface area contributed by atoms with E-state index in [1.807, 2.05) is 37.3 Å². The molecule has 1 amide bonds. The highest BCUT2D eigenvalue weighted by Crippen LogP contribution is 2.29. The van der Waals surface area contributed by atoms with Gasteiger partial charge in [0.15, 0.2) is 5.11 Å². The number of halogens is 3. The fourth-order valence-corrected chi connectivity index (χ4v) is 2.34. The molecule has 0 saturated heterocycles. The van der Waals surface area contributed by atoms with Crippen LogP contribution in [0, 0.1) is 0 Å². The predicted molar refractivity (Wildman–Crippen MR) is 89.5 cm³/mol. The van der Waals surface area contributed by atoms with Gasteiger partial charge >= 0.3 is 6.18 Å². The van der Waals surface area contributed by atoms with Gasteiger partial charge in [0.2, 0.25) is 0 Å². The van der Waals surface area contributed by atoms with Crippen LogP contribution in [0.5, 0.6) is 0 Å². The number of carbonyl (C=O) groups excluding carboxylic acids is 1. The van der Waals surface area contributed by atoms with E-state index in [1.54, 1.807) is 0 Å². The van der Waals surface area contributed by atoms with Gasteiger partial charge in [-0.2, -0.15) is 13.2 Å². The van der Waals surface area contributed by atoms with Gasteiger partial charge in [-0.05, 0) is 42.9 Å². The average molecular weight is 352 g/mol. The molecule has 0 saturated carbocycles. The van der Waals surface area contributed by atoms with E-state index in [9.17, 15) is 18.0 Å². The molecule has 126 valence electrons. The van der Waals surface area contributed by atoms with Crippen molar-refractivity contribution in [3.05, 3.63) is 71.3 Å². The number of benzene rings is 2. The van der Waals surface area contributed by atoms with Crippen LogP contribution in [-0.2, 0) is 6.18 Å². The molecule has 2 N–H and O–H groups in total. The molecule has 1 atom stereocenters. The minimum atomic E-state index is -4.50. The van der Waals surface area contributed by atoms with E-state index in [1.165, 1.54) is 12.1 Å². The van der Waals surface area contributed by atoms with E-state index in [-0.39, 0.29) is 16.7 Å². The molecule has 2 aromatic rings. The second-order valence-electron chi connectivity index (χ2n) is 5.14. The highest BCUT2D eigenvalue weighted by molar-refractivity contribution is 7.80. The van der Waals surface area contributed by atoms with Crippen LogP contribution in [-0.4, -0.2) is 11.0 Å². The molecule has 0 spiro atoms. The van der Waals surface area contributed by atoms with Gasteiger partial charge < -0.3 is 5.32 Å². The lowest BCUT2D eigenvalue weighted by Gasteiger charge is -2.17. The van der Waals surface area contributed by atoms with Crippen LogP contribution in [0.1, 0.15) is 34.5 Å². The third-order valence-corrected chi connectivity index (χ3v) is 3.55. The van der Waals surface area contributed by atoms with Crippen molar-refractivity contribution >= 4 is 23.2 Å². The van der Waals surface area contributed by atoms with E-state index < -0.39 is 17.6 Å². The first-order valence-electron chi connectivity index (χ1n) is 7.11. The summed E-state index contributed by atoms with van der Waals surface area (Å²) in [6.07, 6.45) is -4.50. The van der Waals surface area contributed by atoms with E-state index in [4.69, 9.17) is 12.2 Å². The zero-order valence-electron chi connectivity index (χ0n) is 12.7. The summed E-state index contributed by atoms with van der Waals surface area (Å²) < 4.78 is 38.1. The van der Waals surface area contributed by atoms with Crippen molar-refractivity contribution in [2.45, 2.75) is 19.1 Å². The molecule has 2 aromatic carbocycles. The molecule has 0 heterocycles. The van der Waals surface area contributed by atoms with Crippen molar-refractivity contribution < 1.29 is 18.0 Å². The molecular weight excluding hydrogens is 337 g/mol. The Morgan fingerprint density at radius 3 is 2.38 bits per heavy atom. The molecule has 2 rings (SSSR count). The van der Waals surface area contributed by atoms with Gasteiger partial charge in [-0.25, -0.2) is 0 Å². The van der Waals surface area contributed by atoms with Gasteiger partial charge in [0, 0.05) is 5.56 Å². The Kier molecular flexibility index (Phi) is 5.56. The van der Waals surface area contributed by atoms with E-state index >= 15 is 0 Å². The quantitative estimate of drug-likeness (QED) is 0.818. The van der Waals surface area contributed by atoms with Gasteiger partial charge in [-0.15, -0.1) is 0 Å². The summed E-state index contributed by atoms with van der Waals surface area (Å²) in [5.74, 6) is -0.695. The molecule has 0 aliphatic heterocycles. The summed E-state index contributed by atoms with van der Waals surface area (Å²) in [7, 11) is 0. The number of hydrogen-bond acceptors (Lipinski definition) is 2. The third kappa shape index (κ3) is 4.79. The highest BCUT2D eigenvalue weighted by Gasteiger charge is 2.30. The second kappa shape index (κ2) is 7.44. The van der Waals surface area contributed by atoms with Gasteiger partial charge in [-0.1, -0.05) is 36.4 Å². The Morgan fingerprint density at radius 2 is 1.75 bits per heavy atom. The minimum absolute atomic E-state index is 0.0498. The smallest absolute Gasteiger partial charge is 0.356 e. The molecule has 0 aliphatic carbocycles. The number of hydrogen-bond donors (Lipinski definition) is 2. The molecule has 0 fully saturated rings. The molecule has 0 aromatic heterocycles. The largest absolute Gasteiger partial charge is 0.416 e. The number of amides is 1. The van der Waals surface area contributed by atoms with E-state index in [2.05, 4.69) is 10.6 Å². The Bertz CT molecular complexity index is 732. The van der Waals surface area contributed by atoms with Crippen molar-refractivity contribution in [1.29, 1.82) is 0 Å². The lowest BCUT2D eigenvalue weighted by atomic mass is 10.1. The van der Waals surface area contributed by atoms with Gasteiger partial charge in [0.05, 0.1) is 11.6 Å². The highest BCUT2D eigenvalue weighted by atomic mass is 32.1. The van der Waals surface area contributed by atoms with Gasteiger partial charge in [0.25, 0.3) is 5.91 Å². The zero-order chi connectivity index (χ0) is 17.7. The predicted octanol–water partition coefficient (Wildman–Crippen LogP) is 4.07. The van der Waals surface area contributed by atoms with Gasteiger partial charge in [-0.3, -0.25) is 10.1 Å². The van der Waals surface area contributed by atoms with Gasteiger partial charge in [0.1, 0.15) is 0 Å². The van der Waals surface area contributed by atoms with Crippen molar-refractivity contribution in [3.63, 3.8) is 0 Å². The number of rotatable bonds is 3. The molecule has 0 radical (unpaired) electrons. The lowest BCUT2D eigenvalue weighted by Crippen LogP contribution is -2.40. The zero-order valence-corrected chi connectivity index (χ0v) is 13.5. The monoisotopic (exact) mass is 352 g/mol. The normalized spacial score (nSPS) is 12.3. The number of carbonyl (C=O) groups is 1. The summed E-state index contributed by atoms with van der Waals surface area (Å²) in [4.78, 5) is 12.0. The summed E-state index contributed by atoms with van der Waals surface area (Å²) in [6, 6.07) is 13.4. The first kappa shape index (κ1) is 17.9. The minimum Gasteiger partial charge on any atom is -0.356 e. The van der Waals surface area contributed by atoms with Crippen LogP contribution in [0.15, 0.2) is 54.6 Å². The van der Waals surface area contributed by atoms with Crippen molar-refractivity contribution in [2.75, 3.05) is 0 Å². The molecular formula is C17H15F3N2OS. The number of thiocarbonyl (C=S) groups is 1. The maximum absolute atomic E-state index is 12.7. The third-order valence-electron chi connectivity index (χ3n) is 3.33. The first-order valence-corrected chi connectivity index (χ1v) is 7.52. The molecule has 0 bridgehead atoms.